The molecule has 1 aromatic carbocycles. The van der Waals surface area contributed by atoms with E-state index in [4.69, 9.17) is 4.74 Å². The largest absolute Gasteiger partial charge is 0.573 e. The van der Waals surface area contributed by atoms with Crippen LogP contribution in [0.15, 0.2) is 18.2 Å². The van der Waals surface area contributed by atoms with Crippen LogP contribution in [0, 0.1) is 3.57 Å². The summed E-state index contributed by atoms with van der Waals surface area (Å²) in [6.45, 7) is 1.95. The highest BCUT2D eigenvalue weighted by Gasteiger charge is 2.31. The average molecular weight is 374 g/mol. The van der Waals surface area contributed by atoms with E-state index < -0.39 is 12.3 Å². The molecule has 0 aromatic heterocycles. The topological polar surface area (TPSA) is 35.5 Å². The summed E-state index contributed by atoms with van der Waals surface area (Å²) in [5, 5.41) is 0. The maximum atomic E-state index is 12.0. The summed E-state index contributed by atoms with van der Waals surface area (Å²) >= 11 is 1.84. The second-order valence-electron chi connectivity index (χ2n) is 3.28. The summed E-state index contributed by atoms with van der Waals surface area (Å²) < 4.78 is 45.0. The smallest absolute Gasteiger partial charge is 0.466 e. The lowest BCUT2D eigenvalue weighted by atomic mass is 10.1. The average Bonchev–Trinajstić information content (AvgIpc) is 2.20. The van der Waals surface area contributed by atoms with Gasteiger partial charge in [-0.3, -0.25) is 4.79 Å². The number of esters is 1. The predicted octanol–water partition coefficient (Wildman–Crippen LogP) is 3.30. The van der Waals surface area contributed by atoms with Crippen LogP contribution in [0.4, 0.5) is 13.2 Å². The van der Waals surface area contributed by atoms with Gasteiger partial charge in [0, 0.05) is 3.57 Å². The number of carbonyl (C=O) groups excluding carboxylic acids is 1. The monoisotopic (exact) mass is 374 g/mol. The van der Waals surface area contributed by atoms with Gasteiger partial charge >= 0.3 is 12.3 Å². The molecule has 0 bridgehead atoms. The summed E-state index contributed by atoms with van der Waals surface area (Å²) in [5.41, 5.74) is 0.601. The van der Waals surface area contributed by atoms with E-state index >= 15 is 0 Å². The number of hydrogen-bond donors (Lipinski definition) is 0. The van der Waals surface area contributed by atoms with E-state index in [2.05, 4.69) is 4.74 Å². The van der Waals surface area contributed by atoms with Crippen molar-refractivity contribution in [2.24, 2.45) is 0 Å². The van der Waals surface area contributed by atoms with E-state index in [9.17, 15) is 18.0 Å². The highest BCUT2D eigenvalue weighted by atomic mass is 127. The van der Waals surface area contributed by atoms with Gasteiger partial charge < -0.3 is 9.47 Å². The van der Waals surface area contributed by atoms with Gasteiger partial charge in [0.2, 0.25) is 0 Å². The van der Waals surface area contributed by atoms with Crippen molar-refractivity contribution in [3.8, 4) is 5.75 Å². The second-order valence-corrected chi connectivity index (χ2v) is 4.45. The van der Waals surface area contributed by atoms with Gasteiger partial charge in [-0.15, -0.1) is 13.2 Å². The highest BCUT2D eigenvalue weighted by molar-refractivity contribution is 14.1. The van der Waals surface area contributed by atoms with Crippen LogP contribution in [0.25, 0.3) is 0 Å². The molecule has 0 aliphatic carbocycles. The molecule has 1 aromatic rings. The van der Waals surface area contributed by atoms with Crippen LogP contribution >= 0.6 is 22.6 Å². The minimum Gasteiger partial charge on any atom is -0.466 e. The van der Waals surface area contributed by atoms with E-state index in [1.807, 2.05) is 22.6 Å². The van der Waals surface area contributed by atoms with Crippen LogP contribution in [0.1, 0.15) is 12.5 Å². The lowest BCUT2D eigenvalue weighted by molar-refractivity contribution is -0.274. The van der Waals surface area contributed by atoms with Crippen LogP contribution in [-0.4, -0.2) is 18.9 Å². The molecule has 1 rings (SSSR count). The molecule has 0 spiro atoms. The molecule has 0 saturated carbocycles. The third-order valence-corrected chi connectivity index (χ3v) is 2.90. The Bertz CT molecular complexity index is 432. The Morgan fingerprint density at radius 1 is 1.39 bits per heavy atom. The molecule has 0 fully saturated rings. The standard InChI is InChI=1S/C11H10F3IO3/c1-2-17-10(16)5-7-3-4-8(6-9(7)15)18-11(12,13)14/h3-4,6H,2,5H2,1H3. The van der Waals surface area contributed by atoms with Crippen molar-refractivity contribution in [3.63, 3.8) is 0 Å². The molecular weight excluding hydrogens is 364 g/mol. The predicted molar refractivity (Wildman–Crippen MR) is 66.2 cm³/mol. The molecule has 3 nitrogen and oxygen atoms in total. The van der Waals surface area contributed by atoms with Gasteiger partial charge in [-0.25, -0.2) is 0 Å². The summed E-state index contributed by atoms with van der Waals surface area (Å²) in [6, 6.07) is 3.81. The highest BCUT2D eigenvalue weighted by Crippen LogP contribution is 2.26. The number of hydrogen-bond acceptors (Lipinski definition) is 3. The Morgan fingerprint density at radius 2 is 2.06 bits per heavy atom. The lowest BCUT2D eigenvalue weighted by Crippen LogP contribution is -2.17. The number of rotatable bonds is 4. The van der Waals surface area contributed by atoms with Crippen molar-refractivity contribution < 1.29 is 27.4 Å². The van der Waals surface area contributed by atoms with Gasteiger partial charge in [0.05, 0.1) is 13.0 Å². The number of ether oxygens (including phenoxy) is 2. The van der Waals surface area contributed by atoms with E-state index in [0.717, 1.165) is 0 Å². The van der Waals surface area contributed by atoms with Gasteiger partial charge in [-0.1, -0.05) is 6.07 Å². The molecule has 0 radical (unpaired) electrons. The van der Waals surface area contributed by atoms with E-state index in [1.54, 1.807) is 6.92 Å². The van der Waals surface area contributed by atoms with E-state index in [1.165, 1.54) is 18.2 Å². The van der Waals surface area contributed by atoms with Crippen molar-refractivity contribution >= 4 is 28.6 Å². The summed E-state index contributed by atoms with van der Waals surface area (Å²) in [4.78, 5) is 11.2. The van der Waals surface area contributed by atoms with Crippen LogP contribution < -0.4 is 4.74 Å². The van der Waals surface area contributed by atoms with Crippen LogP contribution in [-0.2, 0) is 16.0 Å². The van der Waals surface area contributed by atoms with Crippen LogP contribution in [0.3, 0.4) is 0 Å². The van der Waals surface area contributed by atoms with Crippen molar-refractivity contribution in [3.05, 3.63) is 27.3 Å². The zero-order valence-electron chi connectivity index (χ0n) is 9.38. The number of carbonyl (C=O) groups is 1. The van der Waals surface area contributed by atoms with Crippen LogP contribution in [0.5, 0.6) is 5.75 Å². The van der Waals surface area contributed by atoms with Gasteiger partial charge in [-0.05, 0) is 47.2 Å². The summed E-state index contributed by atoms with van der Waals surface area (Å²) in [5.74, 6) is -0.723. The Morgan fingerprint density at radius 3 is 2.56 bits per heavy atom. The fraction of sp³-hybridized carbons (Fsp3) is 0.364. The molecular formula is C11H10F3IO3. The first kappa shape index (κ1) is 15.1. The zero-order valence-corrected chi connectivity index (χ0v) is 11.5. The fourth-order valence-electron chi connectivity index (χ4n) is 1.24. The maximum absolute atomic E-state index is 12.0. The molecule has 0 heterocycles. The third kappa shape index (κ3) is 5.11. The minimum absolute atomic E-state index is 0.0262. The Balaban J connectivity index is 2.77. The van der Waals surface area contributed by atoms with E-state index in [-0.39, 0.29) is 18.8 Å². The Labute approximate surface area is 115 Å². The number of halogens is 4. The van der Waals surface area contributed by atoms with Gasteiger partial charge in [-0.2, -0.15) is 0 Å². The quantitative estimate of drug-likeness (QED) is 0.600. The second kappa shape index (κ2) is 6.26. The minimum atomic E-state index is -4.72. The zero-order chi connectivity index (χ0) is 13.8. The fourth-order valence-corrected chi connectivity index (χ4v) is 1.91. The molecule has 0 aliphatic rings. The molecule has 100 valence electrons. The van der Waals surface area contributed by atoms with Crippen molar-refractivity contribution in [1.29, 1.82) is 0 Å². The third-order valence-electron chi connectivity index (χ3n) is 1.90. The molecule has 0 saturated heterocycles. The maximum Gasteiger partial charge on any atom is 0.573 e. The first-order valence-corrected chi connectivity index (χ1v) is 6.09. The first-order chi connectivity index (χ1) is 8.31. The summed E-state index contributed by atoms with van der Waals surface area (Å²) in [7, 11) is 0. The molecule has 0 atom stereocenters. The number of benzene rings is 1. The van der Waals surface area contributed by atoms with Crippen molar-refractivity contribution in [2.75, 3.05) is 6.61 Å². The molecule has 18 heavy (non-hydrogen) atoms. The van der Waals surface area contributed by atoms with Crippen molar-refractivity contribution in [2.45, 2.75) is 19.7 Å². The Kier molecular flexibility index (Phi) is 5.24. The molecule has 0 amide bonds. The Hall–Kier alpha value is -0.990. The molecule has 0 aliphatic heterocycles. The normalized spacial score (nSPS) is 11.2. The first-order valence-electron chi connectivity index (χ1n) is 5.01. The van der Waals surface area contributed by atoms with Gasteiger partial charge in [0.25, 0.3) is 0 Å². The molecule has 0 N–H and O–H groups in total. The van der Waals surface area contributed by atoms with Crippen LogP contribution in [0.2, 0.25) is 0 Å². The van der Waals surface area contributed by atoms with Gasteiger partial charge in [0.15, 0.2) is 0 Å². The number of alkyl halides is 3. The lowest BCUT2D eigenvalue weighted by Gasteiger charge is -2.10. The summed E-state index contributed by atoms with van der Waals surface area (Å²) in [6.07, 6.45) is -4.69. The van der Waals surface area contributed by atoms with E-state index in [0.29, 0.717) is 9.13 Å². The van der Waals surface area contributed by atoms with Gasteiger partial charge in [0.1, 0.15) is 5.75 Å². The molecule has 0 unspecified atom stereocenters. The SMILES string of the molecule is CCOC(=O)Cc1ccc(OC(F)(F)F)cc1I. The molecule has 7 heteroatoms. The van der Waals surface area contributed by atoms with Crippen molar-refractivity contribution in [1.82, 2.24) is 0 Å².